The molecular formula is C15H23NO2S. The number of amides is 1. The van der Waals surface area contributed by atoms with Gasteiger partial charge in [0.05, 0.1) is 5.25 Å². The van der Waals surface area contributed by atoms with Crippen LogP contribution >= 0.6 is 11.8 Å². The Morgan fingerprint density at radius 3 is 2.53 bits per heavy atom. The third kappa shape index (κ3) is 3.90. The minimum atomic E-state index is -0.0318. The van der Waals surface area contributed by atoms with Crippen molar-refractivity contribution in [2.24, 2.45) is 0 Å². The second kappa shape index (κ2) is 6.85. The third-order valence-electron chi connectivity index (χ3n) is 3.20. The minimum Gasteiger partial charge on any atom is -0.508 e. The Morgan fingerprint density at radius 1 is 1.42 bits per heavy atom. The molecule has 0 unspecified atom stereocenters. The Balaban J connectivity index is 3.01. The van der Waals surface area contributed by atoms with E-state index in [1.54, 1.807) is 17.8 Å². The zero-order valence-electron chi connectivity index (χ0n) is 12.3. The van der Waals surface area contributed by atoms with Crippen LogP contribution in [-0.2, 0) is 4.79 Å². The quantitative estimate of drug-likeness (QED) is 0.805. The minimum absolute atomic E-state index is 0.0264. The molecule has 0 fully saturated rings. The molecule has 0 aliphatic rings. The Bertz CT molecular complexity index is 454. The van der Waals surface area contributed by atoms with Gasteiger partial charge in [0.2, 0.25) is 5.91 Å². The molecular weight excluding hydrogens is 258 g/mol. The maximum absolute atomic E-state index is 12.1. The van der Waals surface area contributed by atoms with E-state index in [-0.39, 0.29) is 17.1 Å². The zero-order chi connectivity index (χ0) is 14.6. The second-order valence-electron chi connectivity index (χ2n) is 5.00. The van der Waals surface area contributed by atoms with Gasteiger partial charge in [-0.3, -0.25) is 4.79 Å². The van der Waals surface area contributed by atoms with Crippen LogP contribution in [-0.4, -0.2) is 22.5 Å². The van der Waals surface area contributed by atoms with Crippen LogP contribution in [0.1, 0.15) is 44.2 Å². The molecule has 4 heteroatoms. The Hall–Kier alpha value is -1.16. The fraction of sp³-hybridized carbons (Fsp3) is 0.533. The van der Waals surface area contributed by atoms with E-state index in [0.29, 0.717) is 5.75 Å². The Labute approximate surface area is 119 Å². The summed E-state index contributed by atoms with van der Waals surface area (Å²) in [4.78, 5) is 12.1. The Morgan fingerprint density at radius 2 is 2.05 bits per heavy atom. The van der Waals surface area contributed by atoms with Gasteiger partial charge in [-0.05, 0) is 48.8 Å². The normalized spacial score (nSPS) is 12.5. The summed E-state index contributed by atoms with van der Waals surface area (Å²) >= 11 is 1.56. The number of aryl methyl sites for hydroxylation is 1. The number of phenolic OH excluding ortho intramolecular Hbond substituents is 1. The molecule has 1 amide bonds. The number of phenols is 1. The van der Waals surface area contributed by atoms with Crippen molar-refractivity contribution in [1.29, 1.82) is 0 Å². The standard InChI is InChI=1S/C15H23NO2S/c1-6-14(19-5)15(18)16-12-8-11(9(2)3)13(17)7-10(12)4/h7-9,14,17H,6H2,1-5H3,(H,16,18)/t14-/m0/s1. The van der Waals surface area contributed by atoms with Crippen LogP contribution in [0.5, 0.6) is 5.75 Å². The number of carbonyl (C=O) groups is 1. The molecule has 2 N–H and O–H groups in total. The lowest BCUT2D eigenvalue weighted by Gasteiger charge is -2.17. The van der Waals surface area contributed by atoms with E-state index in [2.05, 4.69) is 5.32 Å². The smallest absolute Gasteiger partial charge is 0.237 e. The van der Waals surface area contributed by atoms with Crippen LogP contribution in [0, 0.1) is 6.92 Å². The predicted molar refractivity (Wildman–Crippen MR) is 83.2 cm³/mol. The number of thioether (sulfide) groups is 1. The van der Waals surface area contributed by atoms with Gasteiger partial charge >= 0.3 is 0 Å². The topological polar surface area (TPSA) is 49.3 Å². The first-order chi connectivity index (χ1) is 8.90. The molecule has 0 spiro atoms. The molecule has 0 aliphatic carbocycles. The summed E-state index contributed by atoms with van der Waals surface area (Å²) in [6, 6.07) is 3.59. The number of rotatable bonds is 5. The lowest BCUT2D eigenvalue weighted by atomic mass is 9.99. The maximum Gasteiger partial charge on any atom is 0.237 e. The lowest BCUT2D eigenvalue weighted by molar-refractivity contribution is -0.115. The number of benzene rings is 1. The molecule has 1 atom stereocenters. The summed E-state index contributed by atoms with van der Waals surface area (Å²) < 4.78 is 0. The number of nitrogens with one attached hydrogen (secondary N) is 1. The van der Waals surface area contributed by atoms with Gasteiger partial charge in [-0.2, -0.15) is 11.8 Å². The largest absolute Gasteiger partial charge is 0.508 e. The van der Waals surface area contributed by atoms with E-state index in [4.69, 9.17) is 0 Å². The number of hydrogen-bond donors (Lipinski definition) is 2. The monoisotopic (exact) mass is 281 g/mol. The SMILES string of the molecule is CC[C@H](SC)C(=O)Nc1cc(C(C)C)c(O)cc1C. The summed E-state index contributed by atoms with van der Waals surface area (Å²) in [6.45, 7) is 7.93. The highest BCUT2D eigenvalue weighted by Gasteiger charge is 2.17. The van der Waals surface area contributed by atoms with E-state index in [0.717, 1.165) is 23.2 Å². The molecule has 0 saturated carbocycles. The van der Waals surface area contributed by atoms with Gasteiger partial charge in [0, 0.05) is 5.69 Å². The van der Waals surface area contributed by atoms with E-state index in [1.807, 2.05) is 40.0 Å². The molecule has 0 heterocycles. The molecule has 0 bridgehead atoms. The van der Waals surface area contributed by atoms with Crippen molar-refractivity contribution in [3.8, 4) is 5.75 Å². The molecule has 1 aromatic rings. The van der Waals surface area contributed by atoms with Crippen molar-refractivity contribution >= 4 is 23.4 Å². The molecule has 0 radical (unpaired) electrons. The lowest BCUT2D eigenvalue weighted by Crippen LogP contribution is -2.24. The van der Waals surface area contributed by atoms with Crippen molar-refractivity contribution in [1.82, 2.24) is 0 Å². The first-order valence-electron chi connectivity index (χ1n) is 6.57. The van der Waals surface area contributed by atoms with Gasteiger partial charge in [0.1, 0.15) is 5.75 Å². The van der Waals surface area contributed by atoms with E-state index in [9.17, 15) is 9.90 Å². The average Bonchev–Trinajstić information content (AvgIpc) is 2.33. The predicted octanol–water partition coefficient (Wildman–Crippen LogP) is 3.90. The number of anilines is 1. The van der Waals surface area contributed by atoms with Crippen molar-refractivity contribution in [2.45, 2.75) is 45.3 Å². The van der Waals surface area contributed by atoms with Gasteiger partial charge in [-0.15, -0.1) is 0 Å². The molecule has 19 heavy (non-hydrogen) atoms. The highest BCUT2D eigenvalue weighted by molar-refractivity contribution is 7.99. The van der Waals surface area contributed by atoms with Crippen molar-refractivity contribution in [2.75, 3.05) is 11.6 Å². The first-order valence-corrected chi connectivity index (χ1v) is 7.86. The van der Waals surface area contributed by atoms with Crippen LogP contribution in [0.15, 0.2) is 12.1 Å². The van der Waals surface area contributed by atoms with Crippen LogP contribution in [0.25, 0.3) is 0 Å². The van der Waals surface area contributed by atoms with Crippen molar-refractivity contribution < 1.29 is 9.90 Å². The van der Waals surface area contributed by atoms with Gasteiger partial charge in [0.15, 0.2) is 0 Å². The average molecular weight is 281 g/mol. The van der Waals surface area contributed by atoms with Gasteiger partial charge < -0.3 is 10.4 Å². The molecule has 0 aliphatic heterocycles. The van der Waals surface area contributed by atoms with Crippen molar-refractivity contribution in [3.05, 3.63) is 23.3 Å². The highest BCUT2D eigenvalue weighted by Crippen LogP contribution is 2.31. The van der Waals surface area contributed by atoms with Crippen LogP contribution in [0.3, 0.4) is 0 Å². The summed E-state index contributed by atoms with van der Waals surface area (Å²) in [7, 11) is 0. The molecule has 106 valence electrons. The van der Waals surface area contributed by atoms with Gasteiger partial charge in [-0.25, -0.2) is 0 Å². The number of aromatic hydroxyl groups is 1. The Kier molecular flexibility index (Phi) is 5.73. The first kappa shape index (κ1) is 15.9. The molecule has 3 nitrogen and oxygen atoms in total. The molecule has 0 saturated heterocycles. The van der Waals surface area contributed by atoms with Crippen LogP contribution in [0.4, 0.5) is 5.69 Å². The third-order valence-corrected chi connectivity index (χ3v) is 4.32. The summed E-state index contributed by atoms with van der Waals surface area (Å²) in [5, 5.41) is 12.8. The van der Waals surface area contributed by atoms with Crippen LogP contribution in [0.2, 0.25) is 0 Å². The maximum atomic E-state index is 12.1. The fourth-order valence-corrected chi connectivity index (χ4v) is 2.59. The highest BCUT2D eigenvalue weighted by atomic mass is 32.2. The fourth-order valence-electron chi connectivity index (χ4n) is 1.98. The number of hydrogen-bond acceptors (Lipinski definition) is 3. The summed E-state index contributed by atoms with van der Waals surface area (Å²) in [5.41, 5.74) is 2.53. The number of carbonyl (C=O) groups excluding carboxylic acids is 1. The van der Waals surface area contributed by atoms with E-state index < -0.39 is 0 Å². The van der Waals surface area contributed by atoms with Crippen molar-refractivity contribution in [3.63, 3.8) is 0 Å². The van der Waals surface area contributed by atoms with E-state index >= 15 is 0 Å². The van der Waals surface area contributed by atoms with Gasteiger partial charge in [-0.1, -0.05) is 20.8 Å². The van der Waals surface area contributed by atoms with Gasteiger partial charge in [0.25, 0.3) is 0 Å². The molecule has 1 aromatic carbocycles. The molecule has 0 aromatic heterocycles. The second-order valence-corrected chi connectivity index (χ2v) is 6.04. The zero-order valence-corrected chi connectivity index (χ0v) is 13.1. The summed E-state index contributed by atoms with van der Waals surface area (Å²) in [6.07, 6.45) is 2.75. The van der Waals surface area contributed by atoms with E-state index in [1.165, 1.54) is 0 Å². The molecule has 1 rings (SSSR count). The summed E-state index contributed by atoms with van der Waals surface area (Å²) in [5.74, 6) is 0.541. The van der Waals surface area contributed by atoms with Crippen LogP contribution < -0.4 is 5.32 Å².